The Labute approximate surface area is 157 Å². The van der Waals surface area contributed by atoms with Crippen LogP contribution in [-0.4, -0.2) is 35.1 Å². The monoisotopic (exact) mass is 377 g/mol. The Morgan fingerprint density at radius 1 is 1.36 bits per heavy atom. The number of benzene rings is 1. The summed E-state index contributed by atoms with van der Waals surface area (Å²) in [6.07, 6.45) is 6.40. The third-order valence-corrected chi connectivity index (χ3v) is 3.59. The quantitative estimate of drug-likeness (QED) is 0.430. The van der Waals surface area contributed by atoms with E-state index in [1.54, 1.807) is 0 Å². The molecule has 1 N–H and O–H groups in total. The first-order chi connectivity index (χ1) is 10.3. The molecule has 2 rings (SSSR count). The number of hydrogen-bond acceptors (Lipinski definition) is 3. The summed E-state index contributed by atoms with van der Waals surface area (Å²) in [4.78, 5) is 13.4. The molecule has 1 aliphatic rings. The van der Waals surface area contributed by atoms with Gasteiger partial charge >= 0.3 is 0 Å². The molecule has 1 atom stereocenters. The molecule has 0 bridgehead atoms. The zero-order valence-corrected chi connectivity index (χ0v) is 15.6. The maximum atomic E-state index is 11.6. The van der Waals surface area contributed by atoms with Crippen LogP contribution in [0.3, 0.4) is 0 Å². The van der Waals surface area contributed by atoms with E-state index < -0.39 is 0 Å². The van der Waals surface area contributed by atoms with Gasteiger partial charge in [0, 0.05) is 44.8 Å². The molecule has 1 aromatic carbocycles. The molecule has 1 aromatic rings. The van der Waals surface area contributed by atoms with Gasteiger partial charge in [0.1, 0.15) is 12.4 Å². The smallest absolute Gasteiger partial charge is 0.225 e. The van der Waals surface area contributed by atoms with Gasteiger partial charge in [-0.2, -0.15) is 6.42 Å². The number of unbranched alkanes of at least 4 members (excludes halogenated alkanes) is 1. The minimum Gasteiger partial charge on any atom is -0.491 e. The summed E-state index contributed by atoms with van der Waals surface area (Å²) in [6.45, 7) is 4.83. The second-order valence-corrected chi connectivity index (χ2v) is 5.09. The minimum atomic E-state index is -0.0444. The summed E-state index contributed by atoms with van der Waals surface area (Å²) in [7, 11) is 0. The Kier molecular flexibility index (Phi) is 8.92. The van der Waals surface area contributed by atoms with Gasteiger partial charge in [-0.05, 0) is 6.07 Å². The van der Waals surface area contributed by atoms with Crippen LogP contribution in [-0.2, 0) is 44.1 Å². The van der Waals surface area contributed by atoms with Crippen molar-refractivity contribution in [3.8, 4) is 5.75 Å². The topological polar surface area (TPSA) is 49.8 Å². The third-order valence-electron chi connectivity index (χ3n) is 3.59. The second-order valence-electron chi connectivity index (χ2n) is 5.09. The Morgan fingerprint density at radius 2 is 2.14 bits per heavy atom. The Morgan fingerprint density at radius 3 is 2.82 bits per heavy atom. The van der Waals surface area contributed by atoms with E-state index in [0.29, 0.717) is 25.3 Å². The molecule has 1 aliphatic heterocycles. The first kappa shape index (κ1) is 19.3. The molecule has 1 radical (unpaired) electrons. The van der Waals surface area contributed by atoms with Crippen LogP contribution in [0.5, 0.6) is 5.75 Å². The van der Waals surface area contributed by atoms with E-state index in [4.69, 9.17) is 4.74 Å². The molecule has 0 saturated carbocycles. The number of para-hydroxylation sites is 1. The van der Waals surface area contributed by atoms with Crippen LogP contribution in [0.1, 0.15) is 24.8 Å². The van der Waals surface area contributed by atoms with E-state index in [-0.39, 0.29) is 51.3 Å². The largest absolute Gasteiger partial charge is 0.491 e. The van der Waals surface area contributed by atoms with Gasteiger partial charge in [-0.25, -0.2) is 0 Å². The Bertz CT molecular complexity index is 504. The molecule has 0 spiro atoms. The number of aliphatic hydroxyl groups excluding tert-OH is 1. The van der Waals surface area contributed by atoms with Crippen molar-refractivity contribution in [3.63, 3.8) is 0 Å². The summed E-state index contributed by atoms with van der Waals surface area (Å²) in [5.74, 6) is 0.852. The number of allylic oxidation sites excluding steroid dienone is 1. The van der Waals surface area contributed by atoms with Crippen LogP contribution in [0.2, 0.25) is 0 Å². The van der Waals surface area contributed by atoms with E-state index in [0.717, 1.165) is 18.4 Å². The van der Waals surface area contributed by atoms with Crippen molar-refractivity contribution < 1.29 is 47.3 Å². The van der Waals surface area contributed by atoms with Crippen molar-refractivity contribution in [1.29, 1.82) is 0 Å². The van der Waals surface area contributed by atoms with Crippen LogP contribution in [0.4, 0.5) is 0 Å². The maximum absolute atomic E-state index is 11.6. The first-order valence-electron chi connectivity index (χ1n) is 7.31. The number of β-lactam (4-membered cyclic amide) rings is 1. The fraction of sp³-hybridized carbons (Fsp3) is 0.412. The molecule has 5 heteroatoms. The standard InChI is InChI=1S/C17H22NO3.Y/c1-2-3-4-7-10-18-15(11-17(18)20)13-21-16-9-6-5-8-14(16)12-19;/h4-9,15,19H,1-3,10-13H2;/q-1;/b7-4-;/t15-;/m1./s1. The van der Waals surface area contributed by atoms with Gasteiger partial charge in [-0.15, -0.1) is 0 Å². The van der Waals surface area contributed by atoms with Crippen molar-refractivity contribution >= 4 is 5.91 Å². The number of carbonyl (C=O) groups is 1. The molecule has 22 heavy (non-hydrogen) atoms. The van der Waals surface area contributed by atoms with Gasteiger partial charge in [-0.1, -0.05) is 36.8 Å². The predicted octanol–water partition coefficient (Wildman–Crippen LogP) is 2.33. The van der Waals surface area contributed by atoms with Crippen molar-refractivity contribution in [2.75, 3.05) is 13.2 Å². The predicted molar refractivity (Wildman–Crippen MR) is 81.7 cm³/mol. The number of nitrogens with zero attached hydrogens (tertiary/aromatic N) is 1. The summed E-state index contributed by atoms with van der Waals surface area (Å²) < 4.78 is 5.75. The Hall–Kier alpha value is -0.706. The summed E-state index contributed by atoms with van der Waals surface area (Å²) in [6, 6.07) is 7.53. The van der Waals surface area contributed by atoms with Gasteiger partial charge in [-0.3, -0.25) is 4.79 Å². The molecular formula is C17H22NO3Y-. The average molecular weight is 377 g/mol. The van der Waals surface area contributed by atoms with Crippen molar-refractivity contribution in [3.05, 3.63) is 48.9 Å². The number of likely N-dealkylation sites (tertiary alicyclic amines) is 1. The SMILES string of the molecule is [CH2-]CC/C=C\CN1C(=O)C[C@@H]1COc1ccccc1CO.[Y]. The number of rotatable bonds is 8. The van der Waals surface area contributed by atoms with Crippen molar-refractivity contribution in [1.82, 2.24) is 4.90 Å². The fourth-order valence-corrected chi connectivity index (χ4v) is 2.31. The van der Waals surface area contributed by atoms with Gasteiger partial charge in [0.15, 0.2) is 0 Å². The second kappa shape index (κ2) is 10.1. The number of aliphatic hydroxyl groups is 1. The number of amides is 1. The van der Waals surface area contributed by atoms with Gasteiger partial charge in [0.05, 0.1) is 19.1 Å². The van der Waals surface area contributed by atoms with Crippen molar-refractivity contribution in [2.24, 2.45) is 0 Å². The normalized spacial score (nSPS) is 17.3. The van der Waals surface area contributed by atoms with E-state index in [1.807, 2.05) is 35.2 Å². The molecule has 117 valence electrons. The van der Waals surface area contributed by atoms with Crippen LogP contribution in [0, 0.1) is 6.92 Å². The molecule has 1 saturated heterocycles. The van der Waals surface area contributed by atoms with E-state index in [9.17, 15) is 9.90 Å². The summed E-state index contributed by atoms with van der Waals surface area (Å²) in [5, 5.41) is 9.26. The molecule has 1 fully saturated rings. The molecule has 0 aromatic heterocycles. The van der Waals surface area contributed by atoms with E-state index in [1.165, 1.54) is 0 Å². The van der Waals surface area contributed by atoms with Crippen molar-refractivity contribution in [2.45, 2.75) is 31.9 Å². The minimum absolute atomic E-state index is 0. The summed E-state index contributed by atoms with van der Waals surface area (Å²) >= 11 is 0. The van der Waals surface area contributed by atoms with E-state index >= 15 is 0 Å². The average Bonchev–Trinajstić information content (AvgIpc) is 2.51. The Balaban J connectivity index is 0.00000242. The number of carbonyl (C=O) groups excluding carboxylic acids is 1. The van der Waals surface area contributed by atoms with Gasteiger partial charge in [0.25, 0.3) is 0 Å². The number of hydrogen-bond donors (Lipinski definition) is 1. The first-order valence-corrected chi connectivity index (χ1v) is 7.31. The molecule has 0 aliphatic carbocycles. The number of ether oxygens (including phenoxy) is 1. The zero-order valence-electron chi connectivity index (χ0n) is 12.8. The van der Waals surface area contributed by atoms with Gasteiger partial charge < -0.3 is 21.7 Å². The third kappa shape index (κ3) is 5.18. The van der Waals surface area contributed by atoms with Crippen LogP contribution in [0.25, 0.3) is 0 Å². The van der Waals surface area contributed by atoms with Gasteiger partial charge in [0.2, 0.25) is 5.91 Å². The fourth-order valence-electron chi connectivity index (χ4n) is 2.31. The van der Waals surface area contributed by atoms with E-state index in [2.05, 4.69) is 13.0 Å². The molecular weight excluding hydrogens is 355 g/mol. The van der Waals surface area contributed by atoms with Crippen LogP contribution < -0.4 is 4.74 Å². The summed E-state index contributed by atoms with van der Waals surface area (Å²) in [5.41, 5.74) is 0.769. The van der Waals surface area contributed by atoms with Crippen LogP contribution >= 0.6 is 0 Å². The molecule has 4 nitrogen and oxygen atoms in total. The molecule has 1 amide bonds. The molecule has 1 heterocycles. The zero-order chi connectivity index (χ0) is 15.1. The van der Waals surface area contributed by atoms with Crippen LogP contribution in [0.15, 0.2) is 36.4 Å². The maximum Gasteiger partial charge on any atom is 0.225 e. The molecule has 0 unspecified atom stereocenters.